The van der Waals surface area contributed by atoms with Crippen molar-refractivity contribution in [3.63, 3.8) is 0 Å². The second-order valence-corrected chi connectivity index (χ2v) is 7.29. The van der Waals surface area contributed by atoms with Crippen molar-refractivity contribution in [2.75, 3.05) is 37.5 Å². The van der Waals surface area contributed by atoms with E-state index in [2.05, 4.69) is 5.32 Å². The summed E-state index contributed by atoms with van der Waals surface area (Å²) < 4.78 is 26.3. The molecule has 1 N–H and O–H groups in total. The third-order valence-corrected chi connectivity index (χ3v) is 5.33. The first-order valence-electron chi connectivity index (χ1n) is 6.32. The van der Waals surface area contributed by atoms with Crippen LogP contribution in [0.2, 0.25) is 0 Å². The first-order chi connectivity index (χ1) is 9.84. The fourth-order valence-corrected chi connectivity index (χ4v) is 3.61. The number of non-ortho nitro benzene ring substituents is 1. The summed E-state index contributed by atoms with van der Waals surface area (Å²) in [6, 6.07) is 3.82. The highest BCUT2D eigenvalue weighted by Gasteiger charge is 2.26. The zero-order chi connectivity index (χ0) is 16.0. The molecule has 0 aliphatic heterocycles. The molecule has 0 bridgehead atoms. The molecule has 0 aliphatic rings. The van der Waals surface area contributed by atoms with Gasteiger partial charge in [0.25, 0.3) is 5.69 Å². The highest BCUT2D eigenvalue weighted by Crippen LogP contribution is 2.28. The number of anilines is 1. The SMILES string of the molecule is CCNc1ccc([N+](=O)[O-])cc1S(=O)(=O)N(C)CCSC. The van der Waals surface area contributed by atoms with Gasteiger partial charge in [0.2, 0.25) is 10.0 Å². The summed E-state index contributed by atoms with van der Waals surface area (Å²) in [5.74, 6) is 0.654. The van der Waals surface area contributed by atoms with Crippen LogP contribution in [0.3, 0.4) is 0 Å². The molecule has 0 saturated heterocycles. The highest BCUT2D eigenvalue weighted by molar-refractivity contribution is 7.98. The van der Waals surface area contributed by atoms with Crippen molar-refractivity contribution in [2.24, 2.45) is 0 Å². The van der Waals surface area contributed by atoms with Crippen molar-refractivity contribution in [3.05, 3.63) is 28.3 Å². The third kappa shape index (κ3) is 4.32. The van der Waals surface area contributed by atoms with E-state index in [1.165, 1.54) is 35.2 Å². The molecule has 0 aliphatic carbocycles. The van der Waals surface area contributed by atoms with Crippen molar-refractivity contribution in [3.8, 4) is 0 Å². The fourth-order valence-electron chi connectivity index (χ4n) is 1.68. The molecule has 0 heterocycles. The maximum Gasteiger partial charge on any atom is 0.270 e. The monoisotopic (exact) mass is 333 g/mol. The van der Waals surface area contributed by atoms with Gasteiger partial charge in [0.1, 0.15) is 4.90 Å². The fraction of sp³-hybridized carbons (Fsp3) is 0.500. The average Bonchev–Trinajstić information content (AvgIpc) is 2.44. The summed E-state index contributed by atoms with van der Waals surface area (Å²) >= 11 is 1.53. The first kappa shape index (κ1) is 17.7. The molecule has 1 aromatic rings. The van der Waals surface area contributed by atoms with Crippen molar-refractivity contribution in [1.29, 1.82) is 0 Å². The van der Waals surface area contributed by atoms with E-state index in [4.69, 9.17) is 0 Å². The van der Waals surface area contributed by atoms with Crippen LogP contribution in [-0.4, -0.2) is 49.8 Å². The van der Waals surface area contributed by atoms with Gasteiger partial charge in [0.15, 0.2) is 0 Å². The van der Waals surface area contributed by atoms with Crippen LogP contribution >= 0.6 is 11.8 Å². The second-order valence-electron chi connectivity index (χ2n) is 4.29. The number of nitrogens with one attached hydrogen (secondary N) is 1. The second kappa shape index (κ2) is 7.62. The van der Waals surface area contributed by atoms with Gasteiger partial charge in [-0.05, 0) is 19.2 Å². The predicted molar refractivity (Wildman–Crippen MR) is 85.5 cm³/mol. The van der Waals surface area contributed by atoms with Gasteiger partial charge < -0.3 is 5.32 Å². The smallest absolute Gasteiger partial charge is 0.270 e. The predicted octanol–water partition coefficient (Wildman–Crippen LogP) is 2.01. The van der Waals surface area contributed by atoms with Crippen molar-refractivity contribution < 1.29 is 13.3 Å². The Balaban J connectivity index is 3.29. The maximum atomic E-state index is 12.6. The van der Waals surface area contributed by atoms with Gasteiger partial charge in [-0.25, -0.2) is 12.7 Å². The van der Waals surface area contributed by atoms with E-state index in [0.717, 1.165) is 6.07 Å². The van der Waals surface area contributed by atoms with E-state index in [0.29, 0.717) is 24.5 Å². The van der Waals surface area contributed by atoms with Crippen LogP contribution < -0.4 is 5.32 Å². The molecular weight excluding hydrogens is 314 g/mol. The summed E-state index contributed by atoms with van der Waals surface area (Å²) in [7, 11) is -2.29. The van der Waals surface area contributed by atoms with Gasteiger partial charge in [0, 0.05) is 38.0 Å². The van der Waals surface area contributed by atoms with E-state index in [9.17, 15) is 18.5 Å². The van der Waals surface area contributed by atoms with Crippen molar-refractivity contribution in [2.45, 2.75) is 11.8 Å². The number of sulfonamides is 1. The maximum absolute atomic E-state index is 12.6. The molecule has 7 nitrogen and oxygen atoms in total. The Morgan fingerprint density at radius 2 is 2.10 bits per heavy atom. The quantitative estimate of drug-likeness (QED) is 0.578. The van der Waals surface area contributed by atoms with Gasteiger partial charge in [-0.15, -0.1) is 0 Å². The topological polar surface area (TPSA) is 92.5 Å². The Bertz CT molecular complexity index is 605. The molecule has 0 aromatic heterocycles. The number of hydrogen-bond donors (Lipinski definition) is 1. The standard InChI is InChI=1S/C12H19N3O4S2/c1-4-13-11-6-5-10(15(16)17)9-12(11)21(18,19)14(2)7-8-20-3/h5-6,9,13H,4,7-8H2,1-3H3. The lowest BCUT2D eigenvalue weighted by molar-refractivity contribution is -0.385. The summed E-state index contributed by atoms with van der Waals surface area (Å²) in [4.78, 5) is 10.2. The average molecular weight is 333 g/mol. The molecule has 0 amide bonds. The van der Waals surface area contributed by atoms with Crippen LogP contribution in [0, 0.1) is 10.1 Å². The van der Waals surface area contributed by atoms with Gasteiger partial charge in [-0.3, -0.25) is 10.1 Å². The minimum Gasteiger partial charge on any atom is -0.384 e. The van der Waals surface area contributed by atoms with Gasteiger partial charge in [-0.1, -0.05) is 0 Å². The van der Waals surface area contributed by atoms with E-state index in [-0.39, 0.29) is 10.6 Å². The molecule has 1 aromatic carbocycles. The molecule has 0 spiro atoms. The van der Waals surface area contributed by atoms with E-state index in [1.807, 2.05) is 13.2 Å². The van der Waals surface area contributed by atoms with Crippen LogP contribution in [0.5, 0.6) is 0 Å². The largest absolute Gasteiger partial charge is 0.384 e. The lowest BCUT2D eigenvalue weighted by Crippen LogP contribution is -2.29. The first-order valence-corrected chi connectivity index (χ1v) is 9.15. The molecule has 1 rings (SSSR count). The molecule has 0 fully saturated rings. The van der Waals surface area contributed by atoms with Gasteiger partial charge in [-0.2, -0.15) is 11.8 Å². The minimum absolute atomic E-state index is 0.0675. The number of rotatable bonds is 8. The van der Waals surface area contributed by atoms with Crippen LogP contribution in [0.25, 0.3) is 0 Å². The summed E-state index contributed by atoms with van der Waals surface area (Å²) in [5, 5.41) is 13.8. The summed E-state index contributed by atoms with van der Waals surface area (Å²) in [6.45, 7) is 2.70. The Kier molecular flexibility index (Phi) is 6.43. The Morgan fingerprint density at radius 1 is 1.43 bits per heavy atom. The lowest BCUT2D eigenvalue weighted by atomic mass is 10.3. The Morgan fingerprint density at radius 3 is 2.62 bits per heavy atom. The highest BCUT2D eigenvalue weighted by atomic mass is 32.2. The number of benzene rings is 1. The van der Waals surface area contributed by atoms with E-state index >= 15 is 0 Å². The molecule has 118 valence electrons. The molecule has 0 radical (unpaired) electrons. The number of thioether (sulfide) groups is 1. The number of nitro benzene ring substituents is 1. The van der Waals surface area contributed by atoms with Gasteiger partial charge in [0.05, 0.1) is 10.6 Å². The molecular formula is C12H19N3O4S2. The van der Waals surface area contributed by atoms with E-state index < -0.39 is 14.9 Å². The van der Waals surface area contributed by atoms with Crippen LogP contribution in [0.15, 0.2) is 23.1 Å². The molecule has 21 heavy (non-hydrogen) atoms. The Hall–Kier alpha value is -1.32. The van der Waals surface area contributed by atoms with Crippen LogP contribution in [0.4, 0.5) is 11.4 Å². The van der Waals surface area contributed by atoms with Crippen LogP contribution in [-0.2, 0) is 10.0 Å². The normalized spacial score (nSPS) is 11.6. The zero-order valence-electron chi connectivity index (χ0n) is 12.2. The summed E-state index contributed by atoms with van der Waals surface area (Å²) in [6.07, 6.45) is 1.89. The molecule has 0 unspecified atom stereocenters. The minimum atomic E-state index is -3.77. The third-order valence-electron chi connectivity index (χ3n) is 2.84. The molecule has 0 atom stereocenters. The zero-order valence-corrected chi connectivity index (χ0v) is 13.8. The lowest BCUT2D eigenvalue weighted by Gasteiger charge is -2.19. The van der Waals surface area contributed by atoms with Crippen LogP contribution in [0.1, 0.15) is 6.92 Å². The van der Waals surface area contributed by atoms with Gasteiger partial charge >= 0.3 is 0 Å². The molecule has 9 heteroatoms. The number of hydrogen-bond acceptors (Lipinski definition) is 6. The van der Waals surface area contributed by atoms with E-state index in [1.54, 1.807) is 0 Å². The number of nitrogens with zero attached hydrogens (tertiary/aromatic N) is 2. The van der Waals surface area contributed by atoms with Crippen molar-refractivity contribution in [1.82, 2.24) is 4.31 Å². The van der Waals surface area contributed by atoms with Crippen molar-refractivity contribution >= 4 is 33.2 Å². The molecule has 0 saturated carbocycles. The number of nitro groups is 1. The Labute approximate surface area is 128 Å². The summed E-state index contributed by atoms with van der Waals surface area (Å²) in [5.41, 5.74) is 0.132.